The number of nitrogens with zero attached hydrogens (tertiary/aromatic N) is 5. The van der Waals surface area contributed by atoms with E-state index >= 15 is 0 Å². The van der Waals surface area contributed by atoms with Crippen molar-refractivity contribution < 1.29 is 14.7 Å². The third-order valence-electron chi connectivity index (χ3n) is 6.24. The second kappa shape index (κ2) is 8.50. The number of amides is 1. The van der Waals surface area contributed by atoms with Crippen molar-refractivity contribution in [1.82, 2.24) is 25.1 Å². The molecule has 2 saturated carbocycles. The van der Waals surface area contributed by atoms with Crippen LogP contribution in [-0.2, 0) is 4.79 Å². The summed E-state index contributed by atoms with van der Waals surface area (Å²) in [6.45, 7) is 0. The number of anilines is 1. The molecule has 3 N–H and O–H groups in total. The van der Waals surface area contributed by atoms with Gasteiger partial charge >= 0.3 is 5.97 Å². The zero-order chi connectivity index (χ0) is 22.9. The number of carbonyl (C=O) groups is 2. The summed E-state index contributed by atoms with van der Waals surface area (Å²) in [6.07, 6.45) is 9.18. The molecule has 2 aliphatic carbocycles. The lowest BCUT2D eigenvalue weighted by molar-refractivity contribution is -0.142. The van der Waals surface area contributed by atoms with Gasteiger partial charge in [-0.05, 0) is 44.6 Å². The quantitative estimate of drug-likeness (QED) is 0.525. The van der Waals surface area contributed by atoms with E-state index in [2.05, 4.69) is 31.8 Å². The van der Waals surface area contributed by atoms with Crippen LogP contribution in [0, 0.1) is 17.2 Å². The second-order valence-electron chi connectivity index (χ2n) is 8.67. The van der Waals surface area contributed by atoms with Gasteiger partial charge in [0.05, 0.1) is 28.9 Å². The maximum Gasteiger partial charge on any atom is 0.306 e. The van der Waals surface area contributed by atoms with Crippen LogP contribution in [0.15, 0.2) is 30.7 Å². The molecular formula is C23H23N7O3. The van der Waals surface area contributed by atoms with Gasteiger partial charge in [0, 0.05) is 35.9 Å². The third-order valence-corrected chi connectivity index (χ3v) is 6.24. The summed E-state index contributed by atoms with van der Waals surface area (Å²) in [5.74, 6) is -0.796. The monoisotopic (exact) mass is 445 g/mol. The predicted molar refractivity (Wildman–Crippen MR) is 119 cm³/mol. The van der Waals surface area contributed by atoms with Crippen molar-refractivity contribution in [2.24, 2.45) is 5.92 Å². The molecule has 168 valence electrons. The minimum atomic E-state index is -0.764. The van der Waals surface area contributed by atoms with Gasteiger partial charge in [0.15, 0.2) is 11.5 Å². The van der Waals surface area contributed by atoms with E-state index in [0.717, 1.165) is 18.2 Å². The van der Waals surface area contributed by atoms with E-state index < -0.39 is 5.97 Å². The Kier molecular flexibility index (Phi) is 5.38. The smallest absolute Gasteiger partial charge is 0.306 e. The number of nitriles is 1. The number of rotatable bonds is 6. The van der Waals surface area contributed by atoms with Crippen LogP contribution in [0.1, 0.15) is 54.4 Å². The number of carbonyl (C=O) groups excluding carboxylic acids is 1. The van der Waals surface area contributed by atoms with Crippen LogP contribution in [0.3, 0.4) is 0 Å². The molecule has 3 aromatic rings. The highest BCUT2D eigenvalue weighted by atomic mass is 16.4. The third kappa shape index (κ3) is 4.35. The number of nitrogens with one attached hydrogen (secondary N) is 2. The van der Waals surface area contributed by atoms with E-state index in [1.807, 2.05) is 0 Å². The number of aromatic nitrogens is 4. The van der Waals surface area contributed by atoms with Crippen LogP contribution in [0.2, 0.25) is 0 Å². The normalized spacial score (nSPS) is 20.2. The summed E-state index contributed by atoms with van der Waals surface area (Å²) in [7, 11) is 0. The van der Waals surface area contributed by atoms with E-state index in [9.17, 15) is 14.7 Å². The summed E-state index contributed by atoms with van der Waals surface area (Å²) >= 11 is 0. The van der Waals surface area contributed by atoms with Crippen LogP contribution in [-0.4, -0.2) is 48.8 Å². The standard InChI is InChI=1S/C23H23N7O3/c24-9-13-7-15-11-27-30(21(15)26-10-13)20-8-19(28-16-5-6-16)18(12-25-20)22(31)29-17-3-1-14(2-4-17)23(32)33/h7-8,10-12,14,16-17H,1-6H2,(H,25,28)(H,29,31)(H,32,33). The van der Waals surface area contributed by atoms with Crippen molar-refractivity contribution >= 4 is 28.6 Å². The molecule has 0 unspecified atom stereocenters. The van der Waals surface area contributed by atoms with Gasteiger partial charge in [-0.25, -0.2) is 9.97 Å². The molecule has 3 heterocycles. The van der Waals surface area contributed by atoms with Crippen LogP contribution in [0.4, 0.5) is 5.69 Å². The molecule has 1 amide bonds. The number of hydrogen-bond donors (Lipinski definition) is 3. The fraction of sp³-hybridized carbons (Fsp3) is 0.391. The zero-order valence-corrected chi connectivity index (χ0v) is 17.9. The Bertz CT molecular complexity index is 1270. The van der Waals surface area contributed by atoms with Gasteiger partial charge in [-0.1, -0.05) is 0 Å². The maximum absolute atomic E-state index is 13.1. The Morgan fingerprint density at radius 1 is 1.03 bits per heavy atom. The summed E-state index contributed by atoms with van der Waals surface area (Å²) < 4.78 is 1.59. The highest BCUT2D eigenvalue weighted by Gasteiger charge is 2.29. The van der Waals surface area contributed by atoms with E-state index in [0.29, 0.717) is 60.0 Å². The number of pyridine rings is 2. The summed E-state index contributed by atoms with van der Waals surface area (Å²) in [6, 6.07) is 5.86. The fourth-order valence-corrected chi connectivity index (χ4v) is 4.21. The second-order valence-corrected chi connectivity index (χ2v) is 8.67. The van der Waals surface area contributed by atoms with Gasteiger partial charge in [-0.15, -0.1) is 0 Å². The highest BCUT2D eigenvalue weighted by molar-refractivity contribution is 6.00. The van der Waals surface area contributed by atoms with Gasteiger partial charge in [-0.3, -0.25) is 9.59 Å². The molecule has 2 fully saturated rings. The van der Waals surface area contributed by atoms with Gasteiger partial charge in [0.25, 0.3) is 5.91 Å². The first-order valence-electron chi connectivity index (χ1n) is 11.1. The number of hydrogen-bond acceptors (Lipinski definition) is 7. The van der Waals surface area contributed by atoms with E-state index in [1.165, 1.54) is 12.4 Å². The van der Waals surface area contributed by atoms with Crippen molar-refractivity contribution in [2.45, 2.75) is 50.6 Å². The molecule has 10 nitrogen and oxygen atoms in total. The molecule has 5 rings (SSSR count). The first-order valence-corrected chi connectivity index (χ1v) is 11.1. The Morgan fingerprint density at radius 2 is 1.79 bits per heavy atom. The summed E-state index contributed by atoms with van der Waals surface area (Å²) in [4.78, 5) is 33.0. The van der Waals surface area contributed by atoms with Crippen LogP contribution in [0.25, 0.3) is 16.9 Å². The summed E-state index contributed by atoms with van der Waals surface area (Å²) in [5.41, 5.74) is 2.15. The molecule has 0 saturated heterocycles. The molecule has 3 aromatic heterocycles. The largest absolute Gasteiger partial charge is 0.481 e. The number of carboxylic acids is 1. The zero-order valence-electron chi connectivity index (χ0n) is 17.9. The van der Waals surface area contributed by atoms with Crippen LogP contribution >= 0.6 is 0 Å². The van der Waals surface area contributed by atoms with Gasteiger partial charge < -0.3 is 15.7 Å². The minimum absolute atomic E-state index is 0.0462. The molecule has 0 spiro atoms. The van der Waals surface area contributed by atoms with Crippen molar-refractivity contribution in [3.63, 3.8) is 0 Å². The predicted octanol–water partition coefficient (Wildman–Crippen LogP) is 2.63. The molecule has 0 atom stereocenters. The molecular weight excluding hydrogens is 422 g/mol. The summed E-state index contributed by atoms with van der Waals surface area (Å²) in [5, 5.41) is 29.8. The van der Waals surface area contributed by atoms with E-state index in [4.69, 9.17) is 5.26 Å². The van der Waals surface area contributed by atoms with Gasteiger partial charge in [-0.2, -0.15) is 15.0 Å². The SMILES string of the molecule is N#Cc1cnc2c(cnn2-c2cc(NC3CC3)c(C(=O)NC3CCC(C(=O)O)CC3)cn2)c1. The molecule has 0 bridgehead atoms. The molecule has 2 aliphatic rings. The topological polar surface area (TPSA) is 146 Å². The van der Waals surface area contributed by atoms with Crippen molar-refractivity contribution in [3.8, 4) is 11.9 Å². The Balaban J connectivity index is 1.39. The Morgan fingerprint density at radius 3 is 2.48 bits per heavy atom. The molecule has 10 heteroatoms. The van der Waals surface area contributed by atoms with Crippen LogP contribution < -0.4 is 10.6 Å². The lowest BCUT2D eigenvalue weighted by Gasteiger charge is -2.27. The number of carboxylic acid groups (broad SMARTS) is 1. The van der Waals surface area contributed by atoms with Gasteiger partial charge in [0.2, 0.25) is 0 Å². The van der Waals surface area contributed by atoms with Crippen molar-refractivity contribution in [3.05, 3.63) is 41.9 Å². The average molecular weight is 445 g/mol. The van der Waals surface area contributed by atoms with E-state index in [-0.39, 0.29) is 17.9 Å². The van der Waals surface area contributed by atoms with Crippen LogP contribution in [0.5, 0.6) is 0 Å². The molecule has 0 radical (unpaired) electrons. The average Bonchev–Trinajstić information content (AvgIpc) is 3.54. The molecule has 33 heavy (non-hydrogen) atoms. The lowest BCUT2D eigenvalue weighted by Crippen LogP contribution is -2.39. The van der Waals surface area contributed by atoms with Crippen molar-refractivity contribution in [1.29, 1.82) is 5.26 Å². The number of fused-ring (bicyclic) bond motifs is 1. The first-order chi connectivity index (χ1) is 16.0. The minimum Gasteiger partial charge on any atom is -0.481 e. The molecule has 0 aromatic carbocycles. The first kappa shape index (κ1) is 20.9. The lowest BCUT2D eigenvalue weighted by atomic mass is 9.86. The fourth-order valence-electron chi connectivity index (χ4n) is 4.21. The van der Waals surface area contributed by atoms with E-state index in [1.54, 1.807) is 23.0 Å². The van der Waals surface area contributed by atoms with Gasteiger partial charge in [0.1, 0.15) is 6.07 Å². The number of aliphatic carboxylic acids is 1. The Hall–Kier alpha value is -4.00. The Labute approximate surface area is 189 Å². The van der Waals surface area contributed by atoms with Crippen molar-refractivity contribution in [2.75, 3.05) is 5.32 Å². The maximum atomic E-state index is 13.1. The highest BCUT2D eigenvalue weighted by Crippen LogP contribution is 2.29. The molecule has 0 aliphatic heterocycles.